The molecule has 0 spiro atoms. The lowest BCUT2D eigenvalue weighted by Gasteiger charge is -2.28. The Labute approximate surface area is 142 Å². The molecule has 1 amide bonds. The van der Waals surface area contributed by atoms with Gasteiger partial charge in [-0.05, 0) is 62.1 Å². The third kappa shape index (κ3) is 3.67. The fourth-order valence-electron chi connectivity index (χ4n) is 4.18. The molecule has 2 fully saturated rings. The Morgan fingerprint density at radius 1 is 1.35 bits per heavy atom. The van der Waals surface area contributed by atoms with Crippen molar-refractivity contribution < 1.29 is 18.3 Å². The minimum atomic E-state index is -2.95. The summed E-state index contributed by atoms with van der Waals surface area (Å²) < 4.78 is 30.1. The van der Waals surface area contributed by atoms with Crippen LogP contribution in [0.4, 0.5) is 8.78 Å². The molecule has 1 aromatic carbocycles. The molecule has 0 aromatic heterocycles. The number of nitrogens with one attached hydrogen (secondary N) is 1. The van der Waals surface area contributed by atoms with Crippen LogP contribution in [0.3, 0.4) is 0 Å². The number of ether oxygens (including phenoxy) is 1. The Bertz CT molecular complexity index is 596. The molecule has 0 heterocycles. The van der Waals surface area contributed by atoms with Gasteiger partial charge in [0.25, 0.3) is 5.91 Å². The lowest BCUT2D eigenvalue weighted by Crippen LogP contribution is -2.40. The normalized spacial score (nSPS) is 27.3. The summed E-state index contributed by atoms with van der Waals surface area (Å²) in [5.41, 5.74) is 0.134. The molecule has 0 unspecified atom stereocenters. The summed E-state index contributed by atoms with van der Waals surface area (Å²) in [6.07, 6.45) is 4.97. The SMILES string of the molecule is C[C@H](NC(=O)c1cc(Br)ccc1OC(F)F)[C@H]1C[C@H]2CC[C@H]1C2. The average molecular weight is 388 g/mol. The topological polar surface area (TPSA) is 38.3 Å². The Kier molecular flexibility index (Phi) is 4.90. The van der Waals surface area contributed by atoms with E-state index in [1.165, 1.54) is 31.4 Å². The lowest BCUT2D eigenvalue weighted by molar-refractivity contribution is -0.0501. The van der Waals surface area contributed by atoms with Gasteiger partial charge in [-0.3, -0.25) is 4.79 Å². The first kappa shape index (κ1) is 16.7. The van der Waals surface area contributed by atoms with Gasteiger partial charge >= 0.3 is 6.61 Å². The van der Waals surface area contributed by atoms with E-state index in [1.807, 2.05) is 6.92 Å². The van der Waals surface area contributed by atoms with E-state index in [4.69, 9.17) is 0 Å². The molecule has 0 radical (unpaired) electrons. The first-order valence-corrected chi connectivity index (χ1v) is 8.78. The number of rotatable bonds is 5. The van der Waals surface area contributed by atoms with Gasteiger partial charge in [-0.15, -0.1) is 0 Å². The van der Waals surface area contributed by atoms with Crippen LogP contribution < -0.4 is 10.1 Å². The predicted octanol–water partition coefficient (Wildman–Crippen LogP) is 4.61. The van der Waals surface area contributed by atoms with Crippen LogP contribution in [0, 0.1) is 17.8 Å². The Morgan fingerprint density at radius 2 is 2.13 bits per heavy atom. The molecule has 2 aliphatic carbocycles. The number of amides is 1. The Morgan fingerprint density at radius 3 is 2.74 bits per heavy atom. The van der Waals surface area contributed by atoms with Crippen molar-refractivity contribution in [1.82, 2.24) is 5.32 Å². The van der Waals surface area contributed by atoms with Crippen LogP contribution in [0.2, 0.25) is 0 Å². The number of carbonyl (C=O) groups excluding carboxylic acids is 1. The maximum Gasteiger partial charge on any atom is 0.387 e. The van der Waals surface area contributed by atoms with Crippen LogP contribution in [-0.2, 0) is 0 Å². The van der Waals surface area contributed by atoms with Crippen LogP contribution in [0.25, 0.3) is 0 Å². The molecular weight excluding hydrogens is 368 g/mol. The van der Waals surface area contributed by atoms with Crippen molar-refractivity contribution in [2.45, 2.75) is 45.3 Å². The molecule has 6 heteroatoms. The summed E-state index contributed by atoms with van der Waals surface area (Å²) in [5, 5.41) is 2.98. The van der Waals surface area contributed by atoms with Gasteiger partial charge in [-0.2, -0.15) is 8.78 Å². The summed E-state index contributed by atoms with van der Waals surface area (Å²) in [7, 11) is 0. The number of alkyl halides is 2. The number of carbonyl (C=O) groups is 1. The third-order valence-corrected chi connectivity index (χ3v) is 5.69. The molecule has 0 aliphatic heterocycles. The van der Waals surface area contributed by atoms with Gasteiger partial charge < -0.3 is 10.1 Å². The molecule has 1 aromatic rings. The van der Waals surface area contributed by atoms with Gasteiger partial charge in [0.15, 0.2) is 0 Å². The lowest BCUT2D eigenvalue weighted by atomic mass is 9.84. The quantitative estimate of drug-likeness (QED) is 0.801. The summed E-state index contributed by atoms with van der Waals surface area (Å²) in [4.78, 5) is 12.5. The second-order valence-electron chi connectivity index (χ2n) is 6.62. The van der Waals surface area contributed by atoms with Crippen molar-refractivity contribution >= 4 is 21.8 Å². The molecule has 2 saturated carbocycles. The van der Waals surface area contributed by atoms with Crippen molar-refractivity contribution in [3.8, 4) is 5.75 Å². The van der Waals surface area contributed by atoms with Crippen molar-refractivity contribution in [2.24, 2.45) is 17.8 Å². The fourth-order valence-corrected chi connectivity index (χ4v) is 4.54. The van der Waals surface area contributed by atoms with Crippen molar-refractivity contribution in [1.29, 1.82) is 0 Å². The van der Waals surface area contributed by atoms with Crippen LogP contribution in [0.1, 0.15) is 43.0 Å². The van der Waals surface area contributed by atoms with E-state index in [0.29, 0.717) is 16.3 Å². The van der Waals surface area contributed by atoms with Crippen LogP contribution in [0.5, 0.6) is 5.75 Å². The number of fused-ring (bicyclic) bond motifs is 2. The number of halogens is 3. The third-order valence-electron chi connectivity index (χ3n) is 5.20. The van der Waals surface area contributed by atoms with Crippen LogP contribution >= 0.6 is 15.9 Å². The fraction of sp³-hybridized carbons (Fsp3) is 0.588. The van der Waals surface area contributed by atoms with Gasteiger partial charge in [0, 0.05) is 10.5 Å². The molecule has 1 N–H and O–H groups in total. The summed E-state index contributed by atoms with van der Waals surface area (Å²) in [6, 6.07) is 4.51. The predicted molar refractivity (Wildman–Crippen MR) is 86.6 cm³/mol. The molecule has 2 aliphatic rings. The monoisotopic (exact) mass is 387 g/mol. The molecule has 2 bridgehead atoms. The molecule has 4 atom stereocenters. The van der Waals surface area contributed by atoms with Gasteiger partial charge in [0.2, 0.25) is 0 Å². The second-order valence-corrected chi connectivity index (χ2v) is 7.54. The highest BCUT2D eigenvalue weighted by Gasteiger charge is 2.42. The van der Waals surface area contributed by atoms with E-state index in [0.717, 1.165) is 12.3 Å². The molecule has 3 nitrogen and oxygen atoms in total. The highest BCUT2D eigenvalue weighted by Crippen LogP contribution is 2.49. The smallest absolute Gasteiger partial charge is 0.387 e. The zero-order valence-corrected chi connectivity index (χ0v) is 14.5. The summed E-state index contributed by atoms with van der Waals surface area (Å²) in [5.74, 6) is 1.52. The highest BCUT2D eigenvalue weighted by molar-refractivity contribution is 9.10. The number of hydrogen-bond acceptors (Lipinski definition) is 2. The maximum atomic E-state index is 12.5. The number of benzene rings is 1. The molecular formula is C17H20BrF2NO2. The van der Waals surface area contributed by atoms with E-state index in [-0.39, 0.29) is 23.3 Å². The van der Waals surface area contributed by atoms with E-state index >= 15 is 0 Å². The molecule has 0 saturated heterocycles. The minimum Gasteiger partial charge on any atom is -0.434 e. The van der Waals surface area contributed by atoms with E-state index in [1.54, 1.807) is 6.07 Å². The number of hydrogen-bond donors (Lipinski definition) is 1. The Balaban J connectivity index is 1.71. The second kappa shape index (κ2) is 6.75. The van der Waals surface area contributed by atoms with Crippen molar-refractivity contribution in [2.75, 3.05) is 0 Å². The van der Waals surface area contributed by atoms with Crippen molar-refractivity contribution in [3.63, 3.8) is 0 Å². The molecule has 126 valence electrons. The van der Waals surface area contributed by atoms with E-state index in [2.05, 4.69) is 26.0 Å². The van der Waals surface area contributed by atoms with Crippen LogP contribution in [-0.4, -0.2) is 18.6 Å². The summed E-state index contributed by atoms with van der Waals surface area (Å²) in [6.45, 7) is -0.944. The first-order valence-electron chi connectivity index (χ1n) is 7.99. The van der Waals surface area contributed by atoms with Crippen LogP contribution in [0.15, 0.2) is 22.7 Å². The van der Waals surface area contributed by atoms with E-state index in [9.17, 15) is 13.6 Å². The van der Waals surface area contributed by atoms with E-state index < -0.39 is 6.61 Å². The maximum absolute atomic E-state index is 12.5. The van der Waals surface area contributed by atoms with Gasteiger partial charge in [0.1, 0.15) is 5.75 Å². The first-order chi connectivity index (χ1) is 10.9. The summed E-state index contributed by atoms with van der Waals surface area (Å²) >= 11 is 3.27. The van der Waals surface area contributed by atoms with Gasteiger partial charge in [-0.25, -0.2) is 0 Å². The molecule has 3 rings (SSSR count). The molecule has 23 heavy (non-hydrogen) atoms. The van der Waals surface area contributed by atoms with Gasteiger partial charge in [0.05, 0.1) is 5.56 Å². The zero-order chi connectivity index (χ0) is 16.6. The van der Waals surface area contributed by atoms with Gasteiger partial charge in [-0.1, -0.05) is 22.4 Å². The highest BCUT2D eigenvalue weighted by atomic mass is 79.9. The minimum absolute atomic E-state index is 0.0381. The standard InChI is InChI=1S/C17H20BrF2NO2/c1-9(13-7-10-2-3-11(13)6-10)21-16(22)14-8-12(18)4-5-15(14)23-17(19)20/h4-5,8-11,13,17H,2-3,6-7H2,1H3,(H,21,22)/t9-,10-,11-,13+/m0/s1. The zero-order valence-electron chi connectivity index (χ0n) is 12.9. The van der Waals surface area contributed by atoms with Crippen molar-refractivity contribution in [3.05, 3.63) is 28.2 Å². The Hall–Kier alpha value is -1.17. The largest absolute Gasteiger partial charge is 0.434 e. The average Bonchev–Trinajstić information content (AvgIpc) is 3.11.